The molecule has 178 valence electrons. The summed E-state index contributed by atoms with van der Waals surface area (Å²) < 4.78 is 13.1. The number of aromatic nitrogens is 3. The maximum Gasteiger partial charge on any atom is 0.224 e. The van der Waals surface area contributed by atoms with Gasteiger partial charge in [-0.15, -0.1) is 5.10 Å². The van der Waals surface area contributed by atoms with E-state index in [0.29, 0.717) is 25.1 Å². The molecule has 0 saturated carbocycles. The second-order valence-corrected chi connectivity index (χ2v) is 9.10. The summed E-state index contributed by atoms with van der Waals surface area (Å²) in [5.41, 5.74) is 1.81. The van der Waals surface area contributed by atoms with Crippen molar-refractivity contribution in [3.63, 3.8) is 0 Å². The largest absolute Gasteiger partial charge is 0.496 e. The molecule has 3 fully saturated rings. The lowest BCUT2D eigenvalue weighted by Gasteiger charge is -2.49. The number of methoxy groups -OCH3 is 1. The van der Waals surface area contributed by atoms with Crippen LogP contribution in [-0.2, 0) is 24.5 Å². The number of ether oxygens (including phenoxy) is 2. The number of rotatable bonds is 9. The average molecular weight is 462 g/mol. The van der Waals surface area contributed by atoms with Gasteiger partial charge in [0, 0.05) is 24.7 Å². The fraction of sp³-hybridized carbons (Fsp3) is 0.423. The number of carbonyl (C=O) groups is 1. The SMILES string of the molecule is COc1ccccc1CNC(=O)[C@H]1CN2CCC1C[C@@H]2Cn1cc(COc2ccccc2)nn1. The second kappa shape index (κ2) is 10.3. The minimum Gasteiger partial charge on any atom is -0.496 e. The summed E-state index contributed by atoms with van der Waals surface area (Å²) in [7, 11) is 1.66. The van der Waals surface area contributed by atoms with Crippen molar-refractivity contribution in [2.45, 2.75) is 38.6 Å². The quantitative estimate of drug-likeness (QED) is 0.528. The van der Waals surface area contributed by atoms with Crippen molar-refractivity contribution < 1.29 is 14.3 Å². The molecule has 4 atom stereocenters. The van der Waals surface area contributed by atoms with Gasteiger partial charge in [0.05, 0.1) is 25.8 Å². The third kappa shape index (κ3) is 5.07. The Morgan fingerprint density at radius 2 is 1.97 bits per heavy atom. The minimum atomic E-state index is 0.0327. The third-order valence-electron chi connectivity index (χ3n) is 6.97. The predicted molar refractivity (Wildman–Crippen MR) is 127 cm³/mol. The fourth-order valence-corrected chi connectivity index (χ4v) is 5.17. The molecule has 3 aromatic rings. The Hall–Kier alpha value is -3.39. The molecule has 1 amide bonds. The third-order valence-corrected chi connectivity index (χ3v) is 6.97. The van der Waals surface area contributed by atoms with E-state index in [1.807, 2.05) is 65.5 Å². The zero-order valence-electron chi connectivity index (χ0n) is 19.5. The number of hydrogen-bond donors (Lipinski definition) is 1. The number of nitrogens with one attached hydrogen (secondary N) is 1. The molecule has 2 bridgehead atoms. The Morgan fingerprint density at radius 3 is 2.76 bits per heavy atom. The molecule has 0 spiro atoms. The van der Waals surface area contributed by atoms with Crippen LogP contribution < -0.4 is 14.8 Å². The number of piperidine rings is 3. The zero-order valence-corrected chi connectivity index (χ0v) is 19.5. The molecule has 8 heteroatoms. The second-order valence-electron chi connectivity index (χ2n) is 9.10. The smallest absolute Gasteiger partial charge is 0.224 e. The topological polar surface area (TPSA) is 81.5 Å². The van der Waals surface area contributed by atoms with Crippen LogP contribution in [0.25, 0.3) is 0 Å². The molecule has 1 aromatic heterocycles. The monoisotopic (exact) mass is 461 g/mol. The Kier molecular flexibility index (Phi) is 6.76. The molecule has 1 N–H and O–H groups in total. The van der Waals surface area contributed by atoms with Crippen LogP contribution in [0, 0.1) is 11.8 Å². The molecule has 3 aliphatic heterocycles. The molecule has 3 saturated heterocycles. The number of nitrogens with zero attached hydrogens (tertiary/aromatic N) is 4. The lowest BCUT2D eigenvalue weighted by atomic mass is 9.75. The van der Waals surface area contributed by atoms with Crippen LogP contribution >= 0.6 is 0 Å². The molecule has 2 aromatic carbocycles. The highest BCUT2D eigenvalue weighted by Crippen LogP contribution is 2.37. The first-order valence-corrected chi connectivity index (χ1v) is 11.9. The standard InChI is InChI=1S/C26H31N5O3/c1-33-25-10-6-5-7-20(25)14-27-26(32)24-17-30-12-11-19(24)13-22(30)16-31-15-21(28-29-31)18-34-23-8-3-2-4-9-23/h2-10,15,19,22,24H,11-14,16-18H2,1H3,(H,27,32)/t19?,22-,24+/m1/s1. The number of para-hydroxylation sites is 2. The normalized spacial score (nSPS) is 23.4. The molecule has 34 heavy (non-hydrogen) atoms. The molecular formula is C26H31N5O3. The van der Waals surface area contributed by atoms with E-state index in [9.17, 15) is 4.79 Å². The first-order chi connectivity index (χ1) is 16.7. The van der Waals surface area contributed by atoms with Gasteiger partial charge in [-0.1, -0.05) is 41.6 Å². The van der Waals surface area contributed by atoms with Gasteiger partial charge in [-0.25, -0.2) is 0 Å². The van der Waals surface area contributed by atoms with Crippen molar-refractivity contribution in [3.05, 3.63) is 72.1 Å². The lowest BCUT2D eigenvalue weighted by Crippen LogP contribution is -2.58. The molecule has 2 unspecified atom stereocenters. The van der Waals surface area contributed by atoms with Crippen LogP contribution in [0.15, 0.2) is 60.8 Å². The van der Waals surface area contributed by atoms with Gasteiger partial charge in [0.15, 0.2) is 0 Å². The van der Waals surface area contributed by atoms with E-state index in [1.165, 1.54) is 0 Å². The van der Waals surface area contributed by atoms with Gasteiger partial charge in [0.25, 0.3) is 0 Å². The van der Waals surface area contributed by atoms with Crippen molar-refractivity contribution in [3.8, 4) is 11.5 Å². The van der Waals surface area contributed by atoms with E-state index in [2.05, 4.69) is 20.5 Å². The maximum absolute atomic E-state index is 13.0. The molecule has 4 heterocycles. The van der Waals surface area contributed by atoms with E-state index in [0.717, 1.165) is 55.2 Å². The highest BCUT2D eigenvalue weighted by molar-refractivity contribution is 5.79. The first-order valence-electron chi connectivity index (χ1n) is 11.9. The van der Waals surface area contributed by atoms with Crippen LogP contribution in [-0.4, -0.2) is 52.0 Å². The van der Waals surface area contributed by atoms with Gasteiger partial charge in [-0.2, -0.15) is 0 Å². The number of hydrogen-bond acceptors (Lipinski definition) is 6. The molecule has 3 aliphatic rings. The molecule has 8 nitrogen and oxygen atoms in total. The summed E-state index contributed by atoms with van der Waals surface area (Å²) >= 11 is 0. The van der Waals surface area contributed by atoms with Crippen molar-refractivity contribution in [2.75, 3.05) is 20.2 Å². The van der Waals surface area contributed by atoms with Crippen LogP contribution in [0.5, 0.6) is 11.5 Å². The van der Waals surface area contributed by atoms with Crippen molar-refractivity contribution in [2.24, 2.45) is 11.8 Å². The van der Waals surface area contributed by atoms with Gasteiger partial charge in [-0.05, 0) is 43.5 Å². The van der Waals surface area contributed by atoms with Crippen molar-refractivity contribution in [1.82, 2.24) is 25.2 Å². The molecule has 6 rings (SSSR count). The lowest BCUT2D eigenvalue weighted by molar-refractivity contribution is -0.133. The summed E-state index contributed by atoms with van der Waals surface area (Å²) in [4.78, 5) is 15.4. The molecule has 0 radical (unpaired) electrons. The predicted octanol–water partition coefficient (Wildman–Crippen LogP) is 2.89. The van der Waals surface area contributed by atoms with Gasteiger partial charge in [0.2, 0.25) is 5.91 Å². The van der Waals surface area contributed by atoms with Crippen LogP contribution in [0.2, 0.25) is 0 Å². The van der Waals surface area contributed by atoms with Crippen LogP contribution in [0.3, 0.4) is 0 Å². The Bertz CT molecular complexity index is 1100. The summed E-state index contributed by atoms with van der Waals surface area (Å²) in [6.45, 7) is 3.50. The van der Waals surface area contributed by atoms with Gasteiger partial charge in [-0.3, -0.25) is 14.4 Å². The number of benzene rings is 2. The van der Waals surface area contributed by atoms with Crippen LogP contribution in [0.4, 0.5) is 0 Å². The average Bonchev–Trinajstić information content (AvgIpc) is 3.34. The maximum atomic E-state index is 13.0. The minimum absolute atomic E-state index is 0.0327. The Morgan fingerprint density at radius 1 is 1.15 bits per heavy atom. The van der Waals surface area contributed by atoms with Gasteiger partial charge in [0.1, 0.15) is 23.8 Å². The fourth-order valence-electron chi connectivity index (χ4n) is 5.17. The number of amides is 1. The van der Waals surface area contributed by atoms with E-state index in [-0.39, 0.29) is 11.8 Å². The summed E-state index contributed by atoms with van der Waals surface area (Å²) in [5, 5.41) is 11.7. The van der Waals surface area contributed by atoms with E-state index < -0.39 is 0 Å². The van der Waals surface area contributed by atoms with E-state index >= 15 is 0 Å². The summed E-state index contributed by atoms with van der Waals surface area (Å²) in [5.74, 6) is 2.20. The number of carbonyl (C=O) groups excluding carboxylic acids is 1. The van der Waals surface area contributed by atoms with E-state index in [1.54, 1.807) is 7.11 Å². The van der Waals surface area contributed by atoms with E-state index in [4.69, 9.17) is 9.47 Å². The number of fused-ring (bicyclic) bond motifs is 3. The van der Waals surface area contributed by atoms with Gasteiger partial charge < -0.3 is 14.8 Å². The molecular weight excluding hydrogens is 430 g/mol. The van der Waals surface area contributed by atoms with Gasteiger partial charge >= 0.3 is 0 Å². The van der Waals surface area contributed by atoms with Crippen molar-refractivity contribution in [1.29, 1.82) is 0 Å². The Balaban J connectivity index is 1.13. The highest BCUT2D eigenvalue weighted by atomic mass is 16.5. The summed E-state index contributed by atoms with van der Waals surface area (Å²) in [6, 6.07) is 17.9. The first kappa shape index (κ1) is 22.4. The summed E-state index contributed by atoms with van der Waals surface area (Å²) in [6.07, 6.45) is 4.03. The Labute approximate surface area is 199 Å². The zero-order chi connectivity index (χ0) is 23.3. The van der Waals surface area contributed by atoms with Crippen molar-refractivity contribution >= 4 is 5.91 Å². The van der Waals surface area contributed by atoms with Crippen LogP contribution in [0.1, 0.15) is 24.1 Å². The highest BCUT2D eigenvalue weighted by Gasteiger charge is 2.43. The molecule has 0 aliphatic carbocycles.